The molecular weight excluding hydrogens is 298 g/mol. The van der Waals surface area contributed by atoms with Crippen molar-refractivity contribution < 1.29 is 19.2 Å². The lowest BCUT2D eigenvalue weighted by molar-refractivity contribution is -0.144. The lowest BCUT2D eigenvalue weighted by Crippen LogP contribution is -2.48. The molecule has 2 rings (SSSR count). The monoisotopic (exact) mass is 323 g/mol. The molecule has 0 aromatic rings. The summed E-state index contributed by atoms with van der Waals surface area (Å²) >= 11 is 0. The van der Waals surface area contributed by atoms with Crippen molar-refractivity contribution >= 4 is 23.8 Å². The first-order valence-corrected chi connectivity index (χ1v) is 8.22. The number of hydrogen-bond acceptors (Lipinski definition) is 4. The van der Waals surface area contributed by atoms with Gasteiger partial charge >= 0.3 is 17.8 Å². The smallest absolute Gasteiger partial charge is 0.334 e. The van der Waals surface area contributed by atoms with Crippen molar-refractivity contribution in [2.24, 2.45) is 11.8 Å². The van der Waals surface area contributed by atoms with Gasteiger partial charge in [0.15, 0.2) is 0 Å². The van der Waals surface area contributed by atoms with Gasteiger partial charge in [0.25, 0.3) is 0 Å². The fourth-order valence-corrected chi connectivity index (χ4v) is 3.30. The number of amides is 5. The molecule has 1 heterocycles. The predicted octanol–water partition coefficient (Wildman–Crippen LogP) is 1.13. The van der Waals surface area contributed by atoms with Crippen LogP contribution in [0.15, 0.2) is 0 Å². The molecule has 7 nitrogen and oxygen atoms in total. The molecule has 3 atom stereocenters. The van der Waals surface area contributed by atoms with Crippen molar-refractivity contribution in [1.29, 1.82) is 0 Å². The Morgan fingerprint density at radius 1 is 1.17 bits per heavy atom. The molecule has 1 aliphatic heterocycles. The summed E-state index contributed by atoms with van der Waals surface area (Å²) in [4.78, 5) is 49.7. The normalized spacial score (nSPS) is 28.7. The standard InChI is InChI=1S/C16H25N3O4/c1-9(2)19-15(22)14(21)18(16(19)23)8-13(20)17-12-7-5-6-10(3)11(12)4/h9-12H,5-8H2,1-4H3,(H,17,20)/t10-,11-,12-/m1/s1. The summed E-state index contributed by atoms with van der Waals surface area (Å²) in [7, 11) is 0. The molecule has 1 saturated heterocycles. The molecule has 0 unspecified atom stereocenters. The third-order valence-electron chi connectivity index (χ3n) is 4.96. The van der Waals surface area contributed by atoms with E-state index in [0.717, 1.165) is 29.1 Å². The highest BCUT2D eigenvalue weighted by molar-refractivity contribution is 6.45. The Morgan fingerprint density at radius 2 is 1.83 bits per heavy atom. The lowest BCUT2D eigenvalue weighted by atomic mass is 9.78. The van der Waals surface area contributed by atoms with Crippen LogP contribution < -0.4 is 5.32 Å². The van der Waals surface area contributed by atoms with E-state index < -0.39 is 36.3 Å². The molecule has 7 heteroatoms. The fourth-order valence-electron chi connectivity index (χ4n) is 3.30. The van der Waals surface area contributed by atoms with Crippen molar-refractivity contribution in [2.75, 3.05) is 6.54 Å². The molecule has 1 aliphatic carbocycles. The van der Waals surface area contributed by atoms with E-state index in [1.54, 1.807) is 13.8 Å². The quantitative estimate of drug-likeness (QED) is 0.620. The van der Waals surface area contributed by atoms with Crippen LogP contribution in [0.25, 0.3) is 0 Å². The number of urea groups is 1. The number of carbonyl (C=O) groups excluding carboxylic acids is 4. The van der Waals surface area contributed by atoms with Crippen LogP contribution in [-0.2, 0) is 14.4 Å². The summed E-state index contributed by atoms with van der Waals surface area (Å²) in [6, 6.07) is -1.07. The van der Waals surface area contributed by atoms with Crippen LogP contribution in [0.2, 0.25) is 0 Å². The number of rotatable bonds is 4. The van der Waals surface area contributed by atoms with Crippen molar-refractivity contribution in [3.8, 4) is 0 Å². The van der Waals surface area contributed by atoms with Gasteiger partial charge in [0, 0.05) is 12.1 Å². The van der Waals surface area contributed by atoms with Gasteiger partial charge in [-0.25, -0.2) is 9.69 Å². The van der Waals surface area contributed by atoms with Crippen molar-refractivity contribution in [2.45, 2.75) is 59.0 Å². The highest BCUT2D eigenvalue weighted by Gasteiger charge is 2.46. The van der Waals surface area contributed by atoms with Gasteiger partial charge in [-0.1, -0.05) is 26.7 Å². The van der Waals surface area contributed by atoms with E-state index in [0.29, 0.717) is 11.8 Å². The first kappa shape index (κ1) is 17.4. The maximum atomic E-state index is 12.2. The number of hydrogen-bond donors (Lipinski definition) is 1. The van der Waals surface area contributed by atoms with Gasteiger partial charge in [-0.05, 0) is 32.1 Å². The molecule has 0 radical (unpaired) electrons. The van der Waals surface area contributed by atoms with Gasteiger partial charge in [0.05, 0.1) is 0 Å². The summed E-state index contributed by atoms with van der Waals surface area (Å²) in [5.74, 6) is -1.30. The first-order valence-electron chi connectivity index (χ1n) is 8.22. The van der Waals surface area contributed by atoms with E-state index in [2.05, 4.69) is 19.2 Å². The lowest BCUT2D eigenvalue weighted by Gasteiger charge is -2.34. The summed E-state index contributed by atoms with van der Waals surface area (Å²) in [5.41, 5.74) is 0. The topological polar surface area (TPSA) is 86.8 Å². The highest BCUT2D eigenvalue weighted by Crippen LogP contribution is 2.29. The van der Waals surface area contributed by atoms with Gasteiger partial charge in [-0.3, -0.25) is 19.3 Å². The van der Waals surface area contributed by atoms with Gasteiger partial charge in [-0.2, -0.15) is 0 Å². The predicted molar refractivity (Wildman–Crippen MR) is 83.2 cm³/mol. The minimum absolute atomic E-state index is 0.0518. The molecule has 0 aromatic heterocycles. The minimum atomic E-state index is -0.927. The van der Waals surface area contributed by atoms with Crippen LogP contribution in [-0.4, -0.2) is 52.2 Å². The fraction of sp³-hybridized carbons (Fsp3) is 0.750. The molecule has 0 spiro atoms. The maximum Gasteiger partial charge on any atom is 0.334 e. The Bertz CT molecular complexity index is 531. The van der Waals surface area contributed by atoms with Gasteiger partial charge in [-0.15, -0.1) is 0 Å². The summed E-state index contributed by atoms with van der Waals surface area (Å²) in [5, 5.41) is 2.91. The van der Waals surface area contributed by atoms with Gasteiger partial charge in [0.2, 0.25) is 5.91 Å². The molecule has 0 bridgehead atoms. The molecular formula is C16H25N3O4. The second-order valence-electron chi connectivity index (χ2n) is 6.88. The largest absolute Gasteiger partial charge is 0.352 e. The van der Waals surface area contributed by atoms with Crippen LogP contribution in [0.1, 0.15) is 47.0 Å². The minimum Gasteiger partial charge on any atom is -0.352 e. The molecule has 128 valence electrons. The number of nitrogens with zero attached hydrogens (tertiary/aromatic N) is 2. The SMILES string of the molecule is CC(C)N1C(=O)C(=O)N(CC(=O)N[C@@H]2CCC[C@@H](C)[C@H]2C)C1=O. The van der Waals surface area contributed by atoms with E-state index in [4.69, 9.17) is 0 Å². The van der Waals surface area contributed by atoms with Gasteiger partial charge < -0.3 is 5.32 Å². The van der Waals surface area contributed by atoms with E-state index in [-0.39, 0.29) is 6.04 Å². The summed E-state index contributed by atoms with van der Waals surface area (Å²) in [6.07, 6.45) is 3.10. The van der Waals surface area contributed by atoms with E-state index in [9.17, 15) is 19.2 Å². The maximum absolute atomic E-state index is 12.2. The van der Waals surface area contributed by atoms with Crippen molar-refractivity contribution in [3.05, 3.63) is 0 Å². The Balaban J connectivity index is 1.99. The number of carbonyl (C=O) groups is 4. The van der Waals surface area contributed by atoms with E-state index >= 15 is 0 Å². The molecule has 1 N–H and O–H groups in total. The Kier molecular flexibility index (Phi) is 5.06. The molecule has 23 heavy (non-hydrogen) atoms. The molecule has 5 amide bonds. The third kappa shape index (κ3) is 3.38. The van der Waals surface area contributed by atoms with E-state index in [1.807, 2.05) is 0 Å². The highest BCUT2D eigenvalue weighted by atomic mass is 16.2. The second kappa shape index (κ2) is 6.68. The summed E-state index contributed by atoms with van der Waals surface area (Å²) < 4.78 is 0. The van der Waals surface area contributed by atoms with Crippen molar-refractivity contribution in [1.82, 2.24) is 15.1 Å². The average Bonchev–Trinajstić information content (AvgIpc) is 2.67. The second-order valence-corrected chi connectivity index (χ2v) is 6.88. The third-order valence-corrected chi connectivity index (χ3v) is 4.96. The number of nitrogens with one attached hydrogen (secondary N) is 1. The van der Waals surface area contributed by atoms with Crippen LogP contribution >= 0.6 is 0 Å². The summed E-state index contributed by atoms with van der Waals surface area (Å²) in [6.45, 7) is 7.17. The van der Waals surface area contributed by atoms with E-state index in [1.165, 1.54) is 0 Å². The Hall–Kier alpha value is -1.92. The zero-order chi connectivity index (χ0) is 17.3. The molecule has 2 aliphatic rings. The van der Waals surface area contributed by atoms with Gasteiger partial charge in [0.1, 0.15) is 6.54 Å². The first-order chi connectivity index (χ1) is 10.7. The van der Waals surface area contributed by atoms with Crippen LogP contribution in [0, 0.1) is 11.8 Å². The molecule has 2 fully saturated rings. The van der Waals surface area contributed by atoms with Crippen LogP contribution in [0.5, 0.6) is 0 Å². The van der Waals surface area contributed by atoms with Crippen molar-refractivity contribution in [3.63, 3.8) is 0 Å². The average molecular weight is 323 g/mol. The zero-order valence-electron chi connectivity index (χ0n) is 14.2. The Morgan fingerprint density at radius 3 is 2.39 bits per heavy atom. The zero-order valence-corrected chi connectivity index (χ0v) is 14.2. The number of imide groups is 2. The Labute approximate surface area is 136 Å². The molecule has 1 saturated carbocycles. The molecule has 0 aromatic carbocycles. The van der Waals surface area contributed by atoms with Crippen LogP contribution in [0.4, 0.5) is 4.79 Å². The van der Waals surface area contributed by atoms with Crippen LogP contribution in [0.3, 0.4) is 0 Å².